The maximum atomic E-state index is 13.4. The number of anilines is 1. The third-order valence-corrected chi connectivity index (χ3v) is 3.70. The van der Waals surface area contributed by atoms with Crippen LogP contribution in [0.15, 0.2) is 59.5 Å². The van der Waals surface area contributed by atoms with Gasteiger partial charge >= 0.3 is 0 Å². The zero-order valence-electron chi connectivity index (χ0n) is 11.4. The first-order valence-electron chi connectivity index (χ1n) is 6.23. The van der Waals surface area contributed by atoms with E-state index in [4.69, 9.17) is 5.14 Å². The molecule has 3 N–H and O–H groups in total. The molecule has 0 aliphatic rings. The molecule has 0 aliphatic carbocycles. The summed E-state index contributed by atoms with van der Waals surface area (Å²) in [7, 11) is -3.77. The lowest BCUT2D eigenvalue weighted by atomic mass is 10.2. The molecule has 2 aromatic rings. The second kappa shape index (κ2) is 6.50. The molecular formula is C15H13FN2O3S. The SMILES string of the molecule is NS(=O)(=O)c1ccc(NC(=O)/C=C/c2ccccc2F)cc1. The van der Waals surface area contributed by atoms with Gasteiger partial charge in [0.2, 0.25) is 15.9 Å². The Balaban J connectivity index is 2.05. The highest BCUT2D eigenvalue weighted by molar-refractivity contribution is 7.89. The van der Waals surface area contributed by atoms with Crippen molar-refractivity contribution < 1.29 is 17.6 Å². The minimum Gasteiger partial charge on any atom is -0.323 e. The molecule has 0 atom stereocenters. The van der Waals surface area contributed by atoms with Crippen LogP contribution in [0.5, 0.6) is 0 Å². The van der Waals surface area contributed by atoms with Gasteiger partial charge in [0.1, 0.15) is 5.82 Å². The Bertz CT molecular complexity index is 815. The van der Waals surface area contributed by atoms with Gasteiger partial charge in [-0.15, -0.1) is 0 Å². The van der Waals surface area contributed by atoms with Crippen LogP contribution in [0.25, 0.3) is 6.08 Å². The lowest BCUT2D eigenvalue weighted by molar-refractivity contribution is -0.111. The van der Waals surface area contributed by atoms with Crippen LogP contribution >= 0.6 is 0 Å². The number of nitrogens with two attached hydrogens (primary N) is 1. The highest BCUT2D eigenvalue weighted by Gasteiger charge is 2.07. The first kappa shape index (κ1) is 15.9. The van der Waals surface area contributed by atoms with Crippen LogP contribution < -0.4 is 10.5 Å². The van der Waals surface area contributed by atoms with Gasteiger partial charge in [-0.3, -0.25) is 4.79 Å². The molecule has 0 heterocycles. The van der Waals surface area contributed by atoms with Gasteiger partial charge in [0.15, 0.2) is 0 Å². The van der Waals surface area contributed by atoms with Crippen molar-refractivity contribution in [3.8, 4) is 0 Å². The van der Waals surface area contributed by atoms with E-state index >= 15 is 0 Å². The standard InChI is InChI=1S/C15H13FN2O3S/c16-14-4-2-1-3-11(14)5-10-15(19)18-12-6-8-13(9-7-12)22(17,20)21/h1-10H,(H,18,19)(H2,17,20,21)/b10-5+. The Morgan fingerprint density at radius 3 is 2.32 bits per heavy atom. The molecule has 2 aromatic carbocycles. The van der Waals surface area contributed by atoms with Crippen LogP contribution in [0, 0.1) is 5.82 Å². The van der Waals surface area contributed by atoms with Crippen molar-refractivity contribution in [1.29, 1.82) is 0 Å². The minimum atomic E-state index is -3.77. The van der Waals surface area contributed by atoms with Crippen molar-refractivity contribution in [2.45, 2.75) is 4.90 Å². The lowest BCUT2D eigenvalue weighted by Crippen LogP contribution is -2.12. The number of carbonyl (C=O) groups is 1. The zero-order valence-corrected chi connectivity index (χ0v) is 12.2. The van der Waals surface area contributed by atoms with Crippen molar-refractivity contribution in [2.75, 3.05) is 5.32 Å². The summed E-state index contributed by atoms with van der Waals surface area (Å²) in [6, 6.07) is 11.4. The molecule has 22 heavy (non-hydrogen) atoms. The predicted octanol–water partition coefficient (Wildman–Crippen LogP) is 2.13. The van der Waals surface area contributed by atoms with E-state index in [1.54, 1.807) is 18.2 Å². The smallest absolute Gasteiger partial charge is 0.248 e. The number of halogens is 1. The minimum absolute atomic E-state index is 0.0487. The van der Waals surface area contributed by atoms with Gasteiger partial charge in [-0.2, -0.15) is 0 Å². The van der Waals surface area contributed by atoms with Crippen molar-refractivity contribution in [3.63, 3.8) is 0 Å². The monoisotopic (exact) mass is 320 g/mol. The molecular weight excluding hydrogens is 307 g/mol. The molecule has 7 heteroatoms. The van der Waals surface area contributed by atoms with Gasteiger partial charge in [-0.05, 0) is 36.4 Å². The highest BCUT2D eigenvalue weighted by Crippen LogP contribution is 2.13. The van der Waals surface area contributed by atoms with E-state index in [-0.39, 0.29) is 4.90 Å². The number of hydrogen-bond donors (Lipinski definition) is 2. The molecule has 0 saturated carbocycles. The van der Waals surface area contributed by atoms with E-state index in [2.05, 4.69) is 5.32 Å². The summed E-state index contributed by atoms with van der Waals surface area (Å²) in [5.41, 5.74) is 0.692. The number of primary sulfonamides is 1. The fourth-order valence-corrected chi connectivity index (χ4v) is 2.20. The maximum Gasteiger partial charge on any atom is 0.248 e. The predicted molar refractivity (Wildman–Crippen MR) is 81.9 cm³/mol. The molecule has 114 valence electrons. The Morgan fingerprint density at radius 1 is 1.09 bits per heavy atom. The Hall–Kier alpha value is -2.51. The Labute approximate surface area is 127 Å². The number of hydrogen-bond acceptors (Lipinski definition) is 3. The van der Waals surface area contributed by atoms with E-state index in [1.165, 1.54) is 42.5 Å². The molecule has 0 saturated heterocycles. The fourth-order valence-electron chi connectivity index (χ4n) is 1.69. The average Bonchev–Trinajstić information content (AvgIpc) is 2.46. The fraction of sp³-hybridized carbons (Fsp3) is 0. The van der Waals surface area contributed by atoms with Crippen molar-refractivity contribution in [1.82, 2.24) is 0 Å². The van der Waals surface area contributed by atoms with Crippen LogP contribution in [0.1, 0.15) is 5.56 Å². The van der Waals surface area contributed by atoms with Gasteiger partial charge in [0.25, 0.3) is 0 Å². The van der Waals surface area contributed by atoms with Crippen LogP contribution in [-0.2, 0) is 14.8 Å². The highest BCUT2D eigenvalue weighted by atomic mass is 32.2. The number of carbonyl (C=O) groups excluding carboxylic acids is 1. The molecule has 0 bridgehead atoms. The quantitative estimate of drug-likeness (QED) is 0.846. The van der Waals surface area contributed by atoms with Crippen molar-refractivity contribution in [2.24, 2.45) is 5.14 Å². The van der Waals surface area contributed by atoms with Crippen LogP contribution in [-0.4, -0.2) is 14.3 Å². The van der Waals surface area contributed by atoms with E-state index in [1.807, 2.05) is 0 Å². The van der Waals surface area contributed by atoms with Gasteiger partial charge in [-0.1, -0.05) is 18.2 Å². The molecule has 0 unspecified atom stereocenters. The van der Waals surface area contributed by atoms with Crippen molar-refractivity contribution in [3.05, 3.63) is 66.0 Å². The van der Waals surface area contributed by atoms with Crippen molar-refractivity contribution >= 4 is 27.7 Å². The summed E-state index contributed by atoms with van der Waals surface area (Å²) in [6.07, 6.45) is 2.54. The largest absolute Gasteiger partial charge is 0.323 e. The molecule has 0 spiro atoms. The van der Waals surface area contributed by atoms with E-state index < -0.39 is 21.7 Å². The number of sulfonamides is 1. The molecule has 2 rings (SSSR count). The van der Waals surface area contributed by atoms with Crippen LogP contribution in [0.2, 0.25) is 0 Å². The van der Waals surface area contributed by atoms with Gasteiger partial charge in [-0.25, -0.2) is 17.9 Å². The van der Waals surface area contributed by atoms with Gasteiger partial charge in [0.05, 0.1) is 4.90 Å². The van der Waals surface area contributed by atoms with Crippen LogP contribution in [0.4, 0.5) is 10.1 Å². The molecule has 5 nitrogen and oxygen atoms in total. The third kappa shape index (κ3) is 4.24. The number of nitrogens with one attached hydrogen (secondary N) is 1. The summed E-state index contributed by atoms with van der Waals surface area (Å²) in [5.74, 6) is -0.893. The number of benzene rings is 2. The Kier molecular flexibility index (Phi) is 4.69. The average molecular weight is 320 g/mol. The second-order valence-corrected chi connectivity index (χ2v) is 5.97. The first-order chi connectivity index (χ1) is 10.4. The van der Waals surface area contributed by atoms with Gasteiger partial charge in [0, 0.05) is 17.3 Å². The molecule has 0 radical (unpaired) electrons. The Morgan fingerprint density at radius 2 is 1.73 bits per heavy atom. The summed E-state index contributed by atoms with van der Waals surface area (Å²) < 4.78 is 35.6. The number of rotatable bonds is 4. The summed E-state index contributed by atoms with van der Waals surface area (Å²) in [5, 5.41) is 7.50. The normalized spacial score (nSPS) is 11.5. The summed E-state index contributed by atoms with van der Waals surface area (Å²) >= 11 is 0. The van der Waals surface area contributed by atoms with E-state index in [9.17, 15) is 17.6 Å². The zero-order chi connectivity index (χ0) is 16.2. The molecule has 0 aromatic heterocycles. The molecule has 0 aliphatic heterocycles. The van der Waals surface area contributed by atoms with Gasteiger partial charge < -0.3 is 5.32 Å². The summed E-state index contributed by atoms with van der Waals surface area (Å²) in [6.45, 7) is 0. The number of amides is 1. The second-order valence-electron chi connectivity index (χ2n) is 4.41. The third-order valence-electron chi connectivity index (χ3n) is 2.77. The first-order valence-corrected chi connectivity index (χ1v) is 7.77. The summed E-state index contributed by atoms with van der Waals surface area (Å²) in [4.78, 5) is 11.7. The molecule has 0 fully saturated rings. The topological polar surface area (TPSA) is 89.3 Å². The maximum absolute atomic E-state index is 13.4. The van der Waals surface area contributed by atoms with Crippen LogP contribution in [0.3, 0.4) is 0 Å². The molecule has 1 amide bonds. The lowest BCUT2D eigenvalue weighted by Gasteiger charge is -2.03. The van der Waals surface area contributed by atoms with E-state index in [0.717, 1.165) is 0 Å². The van der Waals surface area contributed by atoms with E-state index in [0.29, 0.717) is 11.3 Å².